The highest BCUT2D eigenvalue weighted by Gasteiger charge is 2.13. The fourth-order valence-corrected chi connectivity index (χ4v) is 3.14. The van der Waals surface area contributed by atoms with Crippen molar-refractivity contribution in [2.45, 2.75) is 13.5 Å². The monoisotopic (exact) mass is 415 g/mol. The second kappa shape index (κ2) is 9.17. The van der Waals surface area contributed by atoms with Crippen LogP contribution in [0.2, 0.25) is 0 Å². The number of carbonyl (C=O) groups excluding carboxylic acids is 2. The Morgan fingerprint density at radius 2 is 1.68 bits per heavy atom. The Kier molecular flexibility index (Phi) is 5.98. The number of carbonyl (C=O) groups is 2. The minimum Gasteiger partial charge on any atom is -0.485 e. The van der Waals surface area contributed by atoms with Gasteiger partial charge in [-0.2, -0.15) is 0 Å². The normalized spacial score (nSPS) is 10.6. The number of furan rings is 1. The molecule has 1 heterocycles. The van der Waals surface area contributed by atoms with Crippen molar-refractivity contribution < 1.29 is 23.5 Å². The van der Waals surface area contributed by atoms with Crippen LogP contribution in [0.5, 0.6) is 5.75 Å². The number of ether oxygens (including phenoxy) is 2. The summed E-state index contributed by atoms with van der Waals surface area (Å²) in [5.41, 5.74) is 0.966. The molecule has 6 heteroatoms. The molecule has 0 fully saturated rings. The first-order valence-corrected chi connectivity index (χ1v) is 9.92. The molecule has 0 aliphatic heterocycles. The second-order valence-electron chi connectivity index (χ2n) is 6.78. The minimum atomic E-state index is -0.401. The number of rotatable bonds is 7. The maximum absolute atomic E-state index is 12.5. The van der Waals surface area contributed by atoms with Crippen LogP contribution in [0.3, 0.4) is 0 Å². The summed E-state index contributed by atoms with van der Waals surface area (Å²) in [6.07, 6.45) is 0. The Morgan fingerprint density at radius 1 is 0.903 bits per heavy atom. The maximum Gasteiger partial charge on any atom is 0.338 e. The van der Waals surface area contributed by atoms with E-state index in [-0.39, 0.29) is 18.3 Å². The molecule has 0 unspecified atom stereocenters. The molecule has 0 spiro atoms. The number of hydrogen-bond acceptors (Lipinski definition) is 5. The molecule has 0 bridgehead atoms. The van der Waals surface area contributed by atoms with Crippen LogP contribution in [0.25, 0.3) is 10.8 Å². The highest BCUT2D eigenvalue weighted by Crippen LogP contribution is 2.26. The van der Waals surface area contributed by atoms with Gasteiger partial charge in [0.1, 0.15) is 18.1 Å². The third kappa shape index (κ3) is 4.75. The first kappa shape index (κ1) is 20.2. The quantitative estimate of drug-likeness (QED) is 0.407. The predicted octanol–water partition coefficient (Wildman–Crippen LogP) is 5.44. The summed E-state index contributed by atoms with van der Waals surface area (Å²) in [5.74, 6) is 0.673. The van der Waals surface area contributed by atoms with Gasteiger partial charge in [0.25, 0.3) is 5.91 Å². The number of nitrogens with one attached hydrogen (secondary N) is 1. The zero-order valence-corrected chi connectivity index (χ0v) is 17.0. The van der Waals surface area contributed by atoms with Crippen molar-refractivity contribution >= 4 is 28.3 Å². The lowest BCUT2D eigenvalue weighted by Gasteiger charge is -2.08. The summed E-state index contributed by atoms with van der Waals surface area (Å²) in [4.78, 5) is 24.2. The molecule has 1 aromatic heterocycles. The molecule has 156 valence electrons. The van der Waals surface area contributed by atoms with Crippen LogP contribution in [0.15, 0.2) is 83.3 Å². The van der Waals surface area contributed by atoms with Crippen molar-refractivity contribution in [3.05, 3.63) is 95.9 Å². The molecule has 0 aliphatic rings. The molecular formula is C25H21NO5. The van der Waals surface area contributed by atoms with Gasteiger partial charge in [0, 0.05) is 11.1 Å². The number of anilines is 1. The van der Waals surface area contributed by atoms with E-state index in [0.29, 0.717) is 23.6 Å². The molecule has 1 amide bonds. The SMILES string of the molecule is CCOC(=O)c1ccc(NC(=O)c2ccc(COc3cccc4ccccc34)o2)cc1. The van der Waals surface area contributed by atoms with E-state index in [1.54, 1.807) is 43.3 Å². The Bertz CT molecular complexity index is 1200. The molecule has 31 heavy (non-hydrogen) atoms. The van der Waals surface area contributed by atoms with Gasteiger partial charge in [-0.3, -0.25) is 4.79 Å². The van der Waals surface area contributed by atoms with Crippen LogP contribution in [0.1, 0.15) is 33.6 Å². The summed E-state index contributed by atoms with van der Waals surface area (Å²) in [6.45, 7) is 2.26. The number of fused-ring (bicyclic) bond motifs is 1. The Hall–Kier alpha value is -4.06. The van der Waals surface area contributed by atoms with Gasteiger partial charge in [0.05, 0.1) is 12.2 Å². The third-order valence-corrected chi connectivity index (χ3v) is 4.66. The molecule has 6 nitrogen and oxygen atoms in total. The highest BCUT2D eigenvalue weighted by atomic mass is 16.5. The molecule has 0 saturated heterocycles. The summed E-state index contributed by atoms with van der Waals surface area (Å²) in [5, 5.41) is 4.85. The van der Waals surface area contributed by atoms with E-state index in [1.165, 1.54) is 0 Å². The highest BCUT2D eigenvalue weighted by molar-refractivity contribution is 6.02. The van der Waals surface area contributed by atoms with E-state index in [0.717, 1.165) is 16.5 Å². The van der Waals surface area contributed by atoms with Gasteiger partial charge in [-0.25, -0.2) is 4.79 Å². The lowest BCUT2D eigenvalue weighted by molar-refractivity contribution is 0.0526. The molecule has 1 N–H and O–H groups in total. The van der Waals surface area contributed by atoms with Crippen LogP contribution in [-0.4, -0.2) is 18.5 Å². The standard InChI is InChI=1S/C25H21NO5/c1-2-29-25(28)18-10-12-19(13-11-18)26-24(27)23-15-14-20(31-23)16-30-22-9-5-7-17-6-3-4-8-21(17)22/h3-15H,2,16H2,1H3,(H,26,27). The average Bonchev–Trinajstić information content (AvgIpc) is 3.27. The van der Waals surface area contributed by atoms with Crippen molar-refractivity contribution in [2.24, 2.45) is 0 Å². The first-order chi connectivity index (χ1) is 15.1. The van der Waals surface area contributed by atoms with Crippen molar-refractivity contribution in [3.63, 3.8) is 0 Å². The zero-order chi connectivity index (χ0) is 21.6. The van der Waals surface area contributed by atoms with Gasteiger partial charge in [-0.1, -0.05) is 36.4 Å². The van der Waals surface area contributed by atoms with Crippen LogP contribution >= 0.6 is 0 Å². The summed E-state index contributed by atoms with van der Waals surface area (Å²) in [7, 11) is 0. The number of esters is 1. The van der Waals surface area contributed by atoms with E-state index < -0.39 is 5.97 Å². The smallest absolute Gasteiger partial charge is 0.338 e. The van der Waals surface area contributed by atoms with E-state index in [1.807, 2.05) is 42.5 Å². The summed E-state index contributed by atoms with van der Waals surface area (Å²) < 4.78 is 16.5. The van der Waals surface area contributed by atoms with Crippen molar-refractivity contribution in [2.75, 3.05) is 11.9 Å². The van der Waals surface area contributed by atoms with Crippen LogP contribution < -0.4 is 10.1 Å². The second-order valence-corrected chi connectivity index (χ2v) is 6.78. The van der Waals surface area contributed by atoms with E-state index >= 15 is 0 Å². The molecule has 0 radical (unpaired) electrons. The van der Waals surface area contributed by atoms with Gasteiger partial charge in [0.2, 0.25) is 0 Å². The van der Waals surface area contributed by atoms with Gasteiger partial charge >= 0.3 is 5.97 Å². The first-order valence-electron chi connectivity index (χ1n) is 9.92. The van der Waals surface area contributed by atoms with Crippen LogP contribution in [0, 0.1) is 0 Å². The summed E-state index contributed by atoms with van der Waals surface area (Å²) >= 11 is 0. The Morgan fingerprint density at radius 3 is 2.48 bits per heavy atom. The average molecular weight is 415 g/mol. The number of hydrogen-bond donors (Lipinski definition) is 1. The molecule has 0 aliphatic carbocycles. The van der Waals surface area contributed by atoms with Crippen molar-refractivity contribution in [1.82, 2.24) is 0 Å². The third-order valence-electron chi connectivity index (χ3n) is 4.66. The fourth-order valence-electron chi connectivity index (χ4n) is 3.14. The fraction of sp³-hybridized carbons (Fsp3) is 0.120. The minimum absolute atomic E-state index is 0.172. The van der Waals surface area contributed by atoms with E-state index in [9.17, 15) is 9.59 Å². The lowest BCUT2D eigenvalue weighted by Crippen LogP contribution is -2.11. The summed E-state index contributed by atoms with van der Waals surface area (Å²) in [6, 6.07) is 23.6. The zero-order valence-electron chi connectivity index (χ0n) is 17.0. The molecule has 0 saturated carbocycles. The van der Waals surface area contributed by atoms with Crippen LogP contribution in [-0.2, 0) is 11.3 Å². The number of amides is 1. The van der Waals surface area contributed by atoms with Gasteiger partial charge < -0.3 is 19.2 Å². The van der Waals surface area contributed by atoms with Gasteiger partial charge in [-0.05, 0) is 54.8 Å². The van der Waals surface area contributed by atoms with Crippen molar-refractivity contribution in [3.8, 4) is 5.75 Å². The van der Waals surface area contributed by atoms with E-state index in [2.05, 4.69) is 5.32 Å². The molecule has 4 rings (SSSR count). The topological polar surface area (TPSA) is 77.8 Å². The Labute approximate surface area is 179 Å². The lowest BCUT2D eigenvalue weighted by atomic mass is 10.1. The molecule has 4 aromatic rings. The molecule has 0 atom stereocenters. The van der Waals surface area contributed by atoms with Crippen molar-refractivity contribution in [1.29, 1.82) is 0 Å². The molecule has 3 aromatic carbocycles. The molecular weight excluding hydrogens is 394 g/mol. The predicted molar refractivity (Wildman–Crippen MR) is 117 cm³/mol. The maximum atomic E-state index is 12.5. The Balaban J connectivity index is 1.38. The largest absolute Gasteiger partial charge is 0.485 e. The van der Waals surface area contributed by atoms with Gasteiger partial charge in [0.15, 0.2) is 5.76 Å². The van der Waals surface area contributed by atoms with Gasteiger partial charge in [-0.15, -0.1) is 0 Å². The van der Waals surface area contributed by atoms with Crippen LogP contribution in [0.4, 0.5) is 5.69 Å². The number of benzene rings is 3. The van der Waals surface area contributed by atoms with E-state index in [4.69, 9.17) is 13.9 Å².